The molecule has 94 valence electrons. The molecule has 2 aromatic rings. The molecular formula is C15H16BrNO. The van der Waals surface area contributed by atoms with E-state index < -0.39 is 0 Å². The summed E-state index contributed by atoms with van der Waals surface area (Å²) < 4.78 is 6.29. The first kappa shape index (κ1) is 13.1. The van der Waals surface area contributed by atoms with Crippen LogP contribution in [0.3, 0.4) is 0 Å². The van der Waals surface area contributed by atoms with Crippen molar-refractivity contribution in [3.05, 3.63) is 64.1 Å². The predicted molar refractivity (Wildman–Crippen MR) is 77.8 cm³/mol. The highest BCUT2D eigenvalue weighted by Crippen LogP contribution is 2.21. The Balaban J connectivity index is 2.11. The summed E-state index contributed by atoms with van der Waals surface area (Å²) in [6, 6.07) is 16.2. The van der Waals surface area contributed by atoms with Crippen molar-refractivity contribution in [3.63, 3.8) is 0 Å². The third-order valence-electron chi connectivity index (χ3n) is 2.89. The Morgan fingerprint density at radius 2 is 1.89 bits per heavy atom. The summed E-state index contributed by atoms with van der Waals surface area (Å²) in [6.07, 6.45) is 0.820. The molecule has 0 aliphatic rings. The average molecular weight is 306 g/mol. The lowest BCUT2D eigenvalue weighted by atomic mass is 10.00. The van der Waals surface area contributed by atoms with Crippen LogP contribution in [0.2, 0.25) is 0 Å². The Bertz CT molecular complexity index is 510. The van der Waals surface area contributed by atoms with E-state index in [1.165, 1.54) is 5.56 Å². The van der Waals surface area contributed by atoms with E-state index in [1.807, 2.05) is 36.4 Å². The number of halogens is 1. The first-order valence-electron chi connectivity index (χ1n) is 5.83. The van der Waals surface area contributed by atoms with Crippen molar-refractivity contribution < 1.29 is 4.74 Å². The molecule has 0 heterocycles. The van der Waals surface area contributed by atoms with Crippen LogP contribution in [-0.2, 0) is 6.42 Å². The second-order valence-electron chi connectivity index (χ2n) is 4.21. The van der Waals surface area contributed by atoms with Gasteiger partial charge in [-0.25, -0.2) is 0 Å². The molecule has 0 aliphatic carbocycles. The fourth-order valence-corrected chi connectivity index (χ4v) is 2.13. The smallest absolute Gasteiger partial charge is 0.119 e. The molecule has 2 aromatic carbocycles. The van der Waals surface area contributed by atoms with E-state index in [2.05, 4.69) is 28.1 Å². The number of nitrogens with two attached hydrogens (primary N) is 1. The van der Waals surface area contributed by atoms with Gasteiger partial charge in [0.2, 0.25) is 0 Å². The molecule has 0 saturated heterocycles. The van der Waals surface area contributed by atoms with Gasteiger partial charge in [0.25, 0.3) is 0 Å². The van der Waals surface area contributed by atoms with Gasteiger partial charge in [0.05, 0.1) is 7.11 Å². The minimum absolute atomic E-state index is 0.0127. The minimum atomic E-state index is -0.0127. The molecule has 2 rings (SSSR count). The molecule has 18 heavy (non-hydrogen) atoms. The minimum Gasteiger partial charge on any atom is -0.497 e. The molecule has 0 spiro atoms. The molecule has 1 unspecified atom stereocenters. The van der Waals surface area contributed by atoms with Crippen LogP contribution in [0.25, 0.3) is 0 Å². The average Bonchev–Trinajstić information content (AvgIpc) is 2.41. The van der Waals surface area contributed by atoms with Crippen LogP contribution in [-0.4, -0.2) is 7.11 Å². The van der Waals surface area contributed by atoms with Crippen molar-refractivity contribution >= 4 is 15.9 Å². The molecule has 2 nitrogen and oxygen atoms in total. The zero-order valence-electron chi connectivity index (χ0n) is 10.3. The molecule has 1 atom stereocenters. The van der Waals surface area contributed by atoms with Crippen LogP contribution < -0.4 is 10.5 Å². The molecule has 0 radical (unpaired) electrons. The van der Waals surface area contributed by atoms with E-state index in [0.29, 0.717) is 0 Å². The van der Waals surface area contributed by atoms with E-state index in [1.54, 1.807) is 7.11 Å². The largest absolute Gasteiger partial charge is 0.497 e. The van der Waals surface area contributed by atoms with Crippen LogP contribution in [0.15, 0.2) is 53.0 Å². The fraction of sp³-hybridized carbons (Fsp3) is 0.200. The predicted octanol–water partition coefficient (Wildman–Crippen LogP) is 3.70. The summed E-state index contributed by atoms with van der Waals surface area (Å²) in [6.45, 7) is 0. The number of benzene rings is 2. The monoisotopic (exact) mass is 305 g/mol. The Morgan fingerprint density at radius 3 is 2.56 bits per heavy atom. The molecule has 0 fully saturated rings. The number of rotatable bonds is 4. The Hall–Kier alpha value is -1.32. The fourth-order valence-electron chi connectivity index (χ4n) is 1.86. The van der Waals surface area contributed by atoms with Gasteiger partial charge < -0.3 is 10.5 Å². The van der Waals surface area contributed by atoms with E-state index >= 15 is 0 Å². The maximum absolute atomic E-state index is 6.22. The SMILES string of the molecule is COc1cccc(C(N)Cc2ccc(Br)cc2)c1. The lowest BCUT2D eigenvalue weighted by Crippen LogP contribution is -2.13. The first-order valence-corrected chi connectivity index (χ1v) is 6.62. The molecular weight excluding hydrogens is 290 g/mol. The lowest BCUT2D eigenvalue weighted by Gasteiger charge is -2.13. The molecule has 0 bridgehead atoms. The van der Waals surface area contributed by atoms with Crippen molar-refractivity contribution in [2.24, 2.45) is 5.73 Å². The normalized spacial score (nSPS) is 12.2. The van der Waals surface area contributed by atoms with Gasteiger partial charge in [-0.15, -0.1) is 0 Å². The van der Waals surface area contributed by atoms with E-state index in [-0.39, 0.29) is 6.04 Å². The summed E-state index contributed by atoms with van der Waals surface area (Å²) >= 11 is 3.43. The van der Waals surface area contributed by atoms with Gasteiger partial charge in [0.15, 0.2) is 0 Å². The van der Waals surface area contributed by atoms with Crippen molar-refractivity contribution in [2.45, 2.75) is 12.5 Å². The van der Waals surface area contributed by atoms with Gasteiger partial charge in [0, 0.05) is 10.5 Å². The van der Waals surface area contributed by atoms with Gasteiger partial charge in [-0.05, 0) is 41.8 Å². The Labute approximate surface area is 116 Å². The van der Waals surface area contributed by atoms with Crippen LogP contribution in [0.5, 0.6) is 5.75 Å². The summed E-state index contributed by atoms with van der Waals surface area (Å²) in [5, 5.41) is 0. The van der Waals surface area contributed by atoms with Gasteiger partial charge in [-0.2, -0.15) is 0 Å². The van der Waals surface area contributed by atoms with Crippen LogP contribution in [0.4, 0.5) is 0 Å². The lowest BCUT2D eigenvalue weighted by molar-refractivity contribution is 0.414. The van der Waals surface area contributed by atoms with Crippen molar-refractivity contribution in [2.75, 3.05) is 7.11 Å². The Kier molecular flexibility index (Phi) is 4.39. The maximum Gasteiger partial charge on any atom is 0.119 e. The van der Waals surface area contributed by atoms with E-state index in [0.717, 1.165) is 22.2 Å². The highest BCUT2D eigenvalue weighted by molar-refractivity contribution is 9.10. The summed E-state index contributed by atoms with van der Waals surface area (Å²) in [5.74, 6) is 0.846. The summed E-state index contributed by atoms with van der Waals surface area (Å²) in [5.41, 5.74) is 8.55. The number of methoxy groups -OCH3 is 1. The molecule has 0 saturated carbocycles. The molecule has 3 heteroatoms. The second-order valence-corrected chi connectivity index (χ2v) is 5.13. The van der Waals surface area contributed by atoms with E-state index in [9.17, 15) is 0 Å². The van der Waals surface area contributed by atoms with Crippen molar-refractivity contribution in [3.8, 4) is 5.75 Å². The van der Waals surface area contributed by atoms with Gasteiger partial charge in [-0.3, -0.25) is 0 Å². The molecule has 0 aliphatic heterocycles. The van der Waals surface area contributed by atoms with Gasteiger partial charge in [0.1, 0.15) is 5.75 Å². The first-order chi connectivity index (χ1) is 8.69. The van der Waals surface area contributed by atoms with E-state index in [4.69, 9.17) is 10.5 Å². The zero-order valence-corrected chi connectivity index (χ0v) is 11.9. The second kappa shape index (κ2) is 6.03. The van der Waals surface area contributed by atoms with Crippen molar-refractivity contribution in [1.29, 1.82) is 0 Å². The third kappa shape index (κ3) is 3.34. The number of ether oxygens (including phenoxy) is 1. The van der Waals surface area contributed by atoms with Crippen LogP contribution in [0.1, 0.15) is 17.2 Å². The third-order valence-corrected chi connectivity index (χ3v) is 3.42. The van der Waals surface area contributed by atoms with Crippen LogP contribution >= 0.6 is 15.9 Å². The summed E-state index contributed by atoms with van der Waals surface area (Å²) in [7, 11) is 1.67. The zero-order chi connectivity index (χ0) is 13.0. The van der Waals surface area contributed by atoms with Crippen LogP contribution in [0, 0.1) is 0 Å². The number of hydrogen-bond acceptors (Lipinski definition) is 2. The standard InChI is InChI=1S/C15H16BrNO/c1-18-14-4-2-3-12(10-14)15(17)9-11-5-7-13(16)8-6-11/h2-8,10,15H,9,17H2,1H3. The highest BCUT2D eigenvalue weighted by Gasteiger charge is 2.08. The maximum atomic E-state index is 6.22. The highest BCUT2D eigenvalue weighted by atomic mass is 79.9. The topological polar surface area (TPSA) is 35.2 Å². The molecule has 2 N–H and O–H groups in total. The van der Waals surface area contributed by atoms with Crippen molar-refractivity contribution in [1.82, 2.24) is 0 Å². The quantitative estimate of drug-likeness (QED) is 0.935. The number of hydrogen-bond donors (Lipinski definition) is 1. The molecule has 0 amide bonds. The van der Waals surface area contributed by atoms with Gasteiger partial charge in [-0.1, -0.05) is 40.2 Å². The van der Waals surface area contributed by atoms with Gasteiger partial charge >= 0.3 is 0 Å². The summed E-state index contributed by atoms with van der Waals surface area (Å²) in [4.78, 5) is 0. The molecule has 0 aromatic heterocycles. The Morgan fingerprint density at radius 1 is 1.17 bits per heavy atom.